The van der Waals surface area contributed by atoms with Crippen LogP contribution in [0.25, 0.3) is 0 Å². The van der Waals surface area contributed by atoms with Crippen LogP contribution >= 0.6 is 11.8 Å². The first kappa shape index (κ1) is 22.0. The predicted octanol–water partition coefficient (Wildman–Crippen LogP) is 2.68. The van der Waals surface area contributed by atoms with Crippen LogP contribution in [0.2, 0.25) is 0 Å². The molecule has 0 bridgehead atoms. The summed E-state index contributed by atoms with van der Waals surface area (Å²) in [5.74, 6) is 0.676. The van der Waals surface area contributed by atoms with Crippen LogP contribution in [0.1, 0.15) is 51.8 Å². The SMILES string of the molecule is CCCOOc1cc([C@@H](CCC)NC(=O)C2CSC(/C(C)=N/O)=N2)oc(=O)c1. The Labute approximate surface area is 167 Å². The number of nitrogens with one attached hydrogen (secondary N) is 1. The molecule has 0 radical (unpaired) electrons. The third-order valence-corrected chi connectivity index (χ3v) is 5.01. The highest BCUT2D eigenvalue weighted by atomic mass is 32.2. The maximum Gasteiger partial charge on any atom is 0.339 e. The predicted molar refractivity (Wildman–Crippen MR) is 106 cm³/mol. The minimum atomic E-state index is -0.602. The fourth-order valence-corrected chi connectivity index (χ4v) is 3.47. The van der Waals surface area contributed by atoms with Gasteiger partial charge >= 0.3 is 5.63 Å². The topological polar surface area (TPSA) is 123 Å². The zero-order valence-corrected chi connectivity index (χ0v) is 17.0. The monoisotopic (exact) mass is 411 g/mol. The van der Waals surface area contributed by atoms with Gasteiger partial charge in [0.2, 0.25) is 5.91 Å². The highest BCUT2D eigenvalue weighted by Crippen LogP contribution is 2.24. The maximum absolute atomic E-state index is 12.6. The number of hydrogen-bond donors (Lipinski definition) is 2. The zero-order chi connectivity index (χ0) is 20.5. The standard InChI is InChI=1S/C18H25N3O6S/c1-4-6-13(15-8-12(9-16(22)26-15)27-25-7-5-2)19-17(23)14-10-28-18(20-14)11(3)21-24/h8-9,13-14,24H,4-7,10H2,1-3H3,(H,19,23)/b21-11+/t13-,14?/m1/s1. The normalized spacial score (nSPS) is 17.9. The molecule has 2 N–H and O–H groups in total. The molecule has 10 heteroatoms. The van der Waals surface area contributed by atoms with E-state index in [2.05, 4.69) is 15.5 Å². The first-order valence-electron chi connectivity index (χ1n) is 9.13. The van der Waals surface area contributed by atoms with Crippen LogP contribution in [-0.4, -0.2) is 40.3 Å². The number of amides is 1. The van der Waals surface area contributed by atoms with Gasteiger partial charge in [0.25, 0.3) is 0 Å². The lowest BCUT2D eigenvalue weighted by Crippen LogP contribution is -2.37. The van der Waals surface area contributed by atoms with Gasteiger partial charge in [0.05, 0.1) is 18.7 Å². The van der Waals surface area contributed by atoms with Crippen LogP contribution in [0.4, 0.5) is 0 Å². The van der Waals surface area contributed by atoms with E-state index >= 15 is 0 Å². The van der Waals surface area contributed by atoms with E-state index in [-0.39, 0.29) is 11.7 Å². The van der Waals surface area contributed by atoms with Crippen LogP contribution in [0.3, 0.4) is 0 Å². The fraction of sp³-hybridized carbons (Fsp3) is 0.556. The van der Waals surface area contributed by atoms with Crippen LogP contribution in [0, 0.1) is 0 Å². The molecule has 2 heterocycles. The summed E-state index contributed by atoms with van der Waals surface area (Å²) < 4.78 is 5.28. The fourth-order valence-electron chi connectivity index (χ4n) is 2.48. The molecule has 2 atom stereocenters. The molecule has 1 aliphatic heterocycles. The molecule has 0 saturated carbocycles. The Morgan fingerprint density at radius 3 is 2.93 bits per heavy atom. The van der Waals surface area contributed by atoms with Crippen molar-refractivity contribution in [3.63, 3.8) is 0 Å². The van der Waals surface area contributed by atoms with Crippen LogP contribution in [-0.2, 0) is 9.68 Å². The Balaban J connectivity index is 2.14. The molecule has 28 heavy (non-hydrogen) atoms. The Hall–Kier alpha value is -2.33. The molecule has 2 rings (SSSR count). The maximum atomic E-state index is 12.6. The highest BCUT2D eigenvalue weighted by molar-refractivity contribution is 8.16. The van der Waals surface area contributed by atoms with E-state index in [0.717, 1.165) is 12.8 Å². The van der Waals surface area contributed by atoms with E-state index in [4.69, 9.17) is 19.4 Å². The molecule has 0 spiro atoms. The van der Waals surface area contributed by atoms with Crippen LogP contribution in [0.15, 0.2) is 31.5 Å². The molecular formula is C18H25N3O6S. The number of thioether (sulfide) groups is 1. The first-order valence-corrected chi connectivity index (χ1v) is 10.1. The van der Waals surface area contributed by atoms with Crippen LogP contribution in [0.5, 0.6) is 5.75 Å². The molecule has 1 unspecified atom stereocenters. The average molecular weight is 411 g/mol. The molecule has 1 aromatic heterocycles. The van der Waals surface area contributed by atoms with Crippen molar-refractivity contribution in [2.45, 2.75) is 52.1 Å². The molecule has 0 aliphatic carbocycles. The first-order chi connectivity index (χ1) is 13.5. The van der Waals surface area contributed by atoms with Gasteiger partial charge in [-0.25, -0.2) is 4.79 Å². The second kappa shape index (κ2) is 10.9. The zero-order valence-electron chi connectivity index (χ0n) is 16.1. The van der Waals surface area contributed by atoms with E-state index in [1.165, 1.54) is 17.8 Å². The number of oxime groups is 1. The highest BCUT2D eigenvalue weighted by Gasteiger charge is 2.29. The van der Waals surface area contributed by atoms with Gasteiger partial charge in [-0.15, -0.1) is 11.8 Å². The number of carbonyl (C=O) groups excluding carboxylic acids is 1. The van der Waals surface area contributed by atoms with Crippen molar-refractivity contribution in [3.05, 3.63) is 28.3 Å². The third-order valence-electron chi connectivity index (χ3n) is 3.86. The number of aliphatic imine (C=N–C) groups is 1. The molecule has 1 amide bonds. The lowest BCUT2D eigenvalue weighted by Gasteiger charge is -2.18. The summed E-state index contributed by atoms with van der Waals surface area (Å²) in [4.78, 5) is 38.9. The number of hydrogen-bond acceptors (Lipinski definition) is 9. The van der Waals surface area contributed by atoms with E-state index in [9.17, 15) is 9.59 Å². The van der Waals surface area contributed by atoms with Gasteiger partial charge in [-0.1, -0.05) is 25.4 Å². The van der Waals surface area contributed by atoms with Crippen molar-refractivity contribution >= 4 is 28.4 Å². The molecule has 9 nitrogen and oxygen atoms in total. The minimum absolute atomic E-state index is 0.224. The largest absolute Gasteiger partial charge is 0.425 e. The van der Waals surface area contributed by atoms with E-state index in [1.807, 2.05) is 13.8 Å². The van der Waals surface area contributed by atoms with Crippen molar-refractivity contribution in [3.8, 4) is 5.75 Å². The third kappa shape index (κ3) is 6.10. The quantitative estimate of drug-likeness (QED) is 0.199. The molecule has 154 valence electrons. The average Bonchev–Trinajstić information content (AvgIpc) is 3.17. The van der Waals surface area contributed by atoms with Gasteiger partial charge in [-0.05, 0) is 19.8 Å². The lowest BCUT2D eigenvalue weighted by molar-refractivity contribution is -0.206. The van der Waals surface area contributed by atoms with Crippen molar-refractivity contribution < 1.29 is 24.2 Å². The van der Waals surface area contributed by atoms with Gasteiger partial charge in [0, 0.05) is 11.8 Å². The number of carbonyl (C=O) groups is 1. The molecule has 1 aromatic rings. The summed E-state index contributed by atoms with van der Waals surface area (Å²) in [6.07, 6.45) is 2.10. The van der Waals surface area contributed by atoms with Gasteiger partial charge in [-0.2, -0.15) is 4.89 Å². The molecule has 1 aliphatic rings. The van der Waals surface area contributed by atoms with Crippen molar-refractivity contribution in [2.24, 2.45) is 10.1 Å². The summed E-state index contributed by atoms with van der Waals surface area (Å²) in [6.45, 7) is 5.91. The Bertz CT molecular complexity index is 792. The Kier molecular flexibility index (Phi) is 8.52. The summed E-state index contributed by atoms with van der Waals surface area (Å²) in [7, 11) is 0. The van der Waals surface area contributed by atoms with E-state index < -0.39 is 17.7 Å². The summed E-state index contributed by atoms with van der Waals surface area (Å²) >= 11 is 1.35. The van der Waals surface area contributed by atoms with Gasteiger partial charge in [0.15, 0.2) is 5.75 Å². The van der Waals surface area contributed by atoms with Crippen LogP contribution < -0.4 is 15.8 Å². The molecular weight excluding hydrogens is 386 g/mol. The molecule has 0 saturated heterocycles. The Morgan fingerprint density at radius 1 is 1.46 bits per heavy atom. The second-order valence-electron chi connectivity index (χ2n) is 6.22. The summed E-state index contributed by atoms with van der Waals surface area (Å²) in [5, 5.41) is 15.4. The van der Waals surface area contributed by atoms with Crippen molar-refractivity contribution in [1.82, 2.24) is 5.32 Å². The smallest absolute Gasteiger partial charge is 0.339 e. The second-order valence-corrected chi connectivity index (χ2v) is 7.22. The minimum Gasteiger partial charge on any atom is -0.425 e. The van der Waals surface area contributed by atoms with E-state index in [0.29, 0.717) is 35.3 Å². The Morgan fingerprint density at radius 2 is 2.25 bits per heavy atom. The van der Waals surface area contributed by atoms with Crippen molar-refractivity contribution in [1.29, 1.82) is 0 Å². The van der Waals surface area contributed by atoms with Gasteiger partial charge in [-0.3, -0.25) is 9.79 Å². The van der Waals surface area contributed by atoms with Crippen molar-refractivity contribution in [2.75, 3.05) is 12.4 Å². The van der Waals surface area contributed by atoms with E-state index in [1.54, 1.807) is 13.0 Å². The number of rotatable bonds is 10. The summed E-state index contributed by atoms with van der Waals surface area (Å²) in [5.41, 5.74) is -0.220. The summed E-state index contributed by atoms with van der Waals surface area (Å²) in [6, 6.07) is 1.62. The van der Waals surface area contributed by atoms with Gasteiger partial charge in [0.1, 0.15) is 22.6 Å². The molecule has 0 aromatic carbocycles. The van der Waals surface area contributed by atoms with Gasteiger partial charge < -0.3 is 19.8 Å². The molecule has 0 fully saturated rings. The number of nitrogens with zero attached hydrogens (tertiary/aromatic N) is 2. The lowest BCUT2D eigenvalue weighted by atomic mass is 10.1.